The summed E-state index contributed by atoms with van der Waals surface area (Å²) in [6, 6.07) is 7.57. The Morgan fingerprint density at radius 1 is 1.06 bits per heavy atom. The topological polar surface area (TPSA) is 84.9 Å². The highest BCUT2D eigenvalue weighted by Gasteiger charge is 2.38. The number of nitrogens with one attached hydrogen (secondary N) is 1. The average molecular weight is 521 g/mol. The number of halogens is 2. The molecule has 2 aliphatic carbocycles. The Morgan fingerprint density at radius 3 is 2.50 bits per heavy atom. The third-order valence-electron chi connectivity index (χ3n) is 6.94. The maximum atomic E-state index is 15.0. The number of methoxy groups -OCH3 is 1. The van der Waals surface area contributed by atoms with E-state index in [1.165, 1.54) is 25.3 Å². The monoisotopic (exact) mass is 520 g/mol. The van der Waals surface area contributed by atoms with Gasteiger partial charge in [-0.15, -0.1) is 0 Å². The molecule has 0 radical (unpaired) electrons. The zero-order chi connectivity index (χ0) is 25.4. The van der Waals surface area contributed by atoms with Gasteiger partial charge in [-0.2, -0.15) is 0 Å². The standard InChI is InChI=1S/C26H30F2N2O5S/c1-34-24-9-4-16(11-23(24)28)14-30-10-2-3-18(15-30)35-25-13-22(27)21(12-20(25)17-5-6-17)26(31)29-36(32,33)19-7-8-19/h4,9,11-13,17-19H,2-3,5-8,10,14-15H2,1H3,(H,29,31)/t18-/m1/s1. The van der Waals surface area contributed by atoms with Crippen LogP contribution in [-0.2, 0) is 16.6 Å². The molecule has 2 aromatic rings. The number of hydrogen-bond donors (Lipinski definition) is 1. The summed E-state index contributed by atoms with van der Waals surface area (Å²) in [7, 11) is -2.34. The van der Waals surface area contributed by atoms with Crippen molar-refractivity contribution in [3.8, 4) is 11.5 Å². The first-order valence-corrected chi connectivity index (χ1v) is 13.9. The number of sulfonamides is 1. The Bertz CT molecular complexity index is 1260. The normalized spacial score (nSPS) is 20.7. The number of amides is 1. The van der Waals surface area contributed by atoms with Gasteiger partial charge in [-0.3, -0.25) is 9.69 Å². The van der Waals surface area contributed by atoms with E-state index < -0.39 is 32.8 Å². The van der Waals surface area contributed by atoms with Crippen LogP contribution < -0.4 is 14.2 Å². The first kappa shape index (κ1) is 25.0. The second-order valence-electron chi connectivity index (χ2n) is 9.91. The Morgan fingerprint density at radius 2 is 1.83 bits per heavy atom. The van der Waals surface area contributed by atoms with Crippen molar-refractivity contribution in [1.82, 2.24) is 9.62 Å². The average Bonchev–Trinajstić information content (AvgIpc) is 3.72. The van der Waals surface area contributed by atoms with Gasteiger partial charge in [-0.25, -0.2) is 21.9 Å². The minimum absolute atomic E-state index is 0.161. The van der Waals surface area contributed by atoms with Crippen molar-refractivity contribution in [2.45, 2.75) is 62.3 Å². The minimum Gasteiger partial charge on any atom is -0.494 e. The van der Waals surface area contributed by atoms with Gasteiger partial charge >= 0.3 is 0 Å². The van der Waals surface area contributed by atoms with Crippen molar-refractivity contribution in [2.75, 3.05) is 20.2 Å². The molecule has 1 amide bonds. The third-order valence-corrected chi connectivity index (χ3v) is 8.76. The maximum Gasteiger partial charge on any atom is 0.267 e. The molecule has 3 fully saturated rings. The number of hydrogen-bond acceptors (Lipinski definition) is 6. The van der Waals surface area contributed by atoms with Crippen molar-refractivity contribution >= 4 is 15.9 Å². The highest BCUT2D eigenvalue weighted by Crippen LogP contribution is 2.45. The predicted molar refractivity (Wildman–Crippen MR) is 130 cm³/mol. The second kappa shape index (κ2) is 9.97. The molecular formula is C26H30F2N2O5S. The van der Waals surface area contributed by atoms with Crippen molar-refractivity contribution in [1.29, 1.82) is 0 Å². The van der Waals surface area contributed by atoms with Crippen LogP contribution in [0.2, 0.25) is 0 Å². The number of carbonyl (C=O) groups is 1. The van der Waals surface area contributed by atoms with Crippen molar-refractivity contribution in [3.63, 3.8) is 0 Å². The highest BCUT2D eigenvalue weighted by molar-refractivity contribution is 7.91. The van der Waals surface area contributed by atoms with Gasteiger partial charge in [0.2, 0.25) is 10.0 Å². The molecule has 1 aliphatic heterocycles. The fourth-order valence-corrected chi connectivity index (χ4v) is 6.00. The molecule has 0 aromatic heterocycles. The first-order valence-electron chi connectivity index (χ1n) is 12.3. The summed E-state index contributed by atoms with van der Waals surface area (Å²) >= 11 is 0. The van der Waals surface area contributed by atoms with Crippen LogP contribution >= 0.6 is 0 Å². The number of ether oxygens (including phenoxy) is 2. The van der Waals surface area contributed by atoms with E-state index in [4.69, 9.17) is 9.47 Å². The quantitative estimate of drug-likeness (QED) is 0.536. The third kappa shape index (κ3) is 5.64. The van der Waals surface area contributed by atoms with E-state index in [-0.39, 0.29) is 23.3 Å². The van der Waals surface area contributed by atoms with E-state index in [1.807, 2.05) is 10.8 Å². The van der Waals surface area contributed by atoms with Gasteiger partial charge in [0.25, 0.3) is 5.91 Å². The Balaban J connectivity index is 1.28. The van der Waals surface area contributed by atoms with Crippen LogP contribution in [0, 0.1) is 11.6 Å². The first-order chi connectivity index (χ1) is 17.2. The molecule has 1 heterocycles. The molecule has 194 valence electrons. The zero-order valence-electron chi connectivity index (χ0n) is 20.1. The summed E-state index contributed by atoms with van der Waals surface area (Å²) in [5, 5.41) is -0.571. The number of carbonyl (C=O) groups excluding carboxylic acids is 1. The molecule has 1 atom stereocenters. The summed E-state index contributed by atoms with van der Waals surface area (Å²) < 4.78 is 66.6. The van der Waals surface area contributed by atoms with Gasteiger partial charge in [0.15, 0.2) is 11.6 Å². The lowest BCUT2D eigenvalue weighted by molar-refractivity contribution is 0.0832. The lowest BCUT2D eigenvalue weighted by Crippen LogP contribution is -2.40. The Kier molecular flexibility index (Phi) is 6.91. The van der Waals surface area contributed by atoms with Crippen LogP contribution in [0.15, 0.2) is 30.3 Å². The van der Waals surface area contributed by atoms with Gasteiger partial charge in [-0.1, -0.05) is 6.07 Å². The number of benzene rings is 2. The molecule has 0 spiro atoms. The van der Waals surface area contributed by atoms with E-state index in [1.54, 1.807) is 6.07 Å². The van der Waals surface area contributed by atoms with Gasteiger partial charge < -0.3 is 9.47 Å². The number of nitrogens with zero attached hydrogens (tertiary/aromatic N) is 1. The van der Waals surface area contributed by atoms with E-state index in [2.05, 4.69) is 4.90 Å². The summed E-state index contributed by atoms with van der Waals surface area (Å²) in [6.07, 6.45) is 4.32. The van der Waals surface area contributed by atoms with E-state index in [9.17, 15) is 22.0 Å². The Hall–Kier alpha value is -2.72. The van der Waals surface area contributed by atoms with Crippen LogP contribution in [0.4, 0.5) is 8.78 Å². The van der Waals surface area contributed by atoms with Crippen LogP contribution in [0.3, 0.4) is 0 Å². The molecular weight excluding hydrogens is 490 g/mol. The highest BCUT2D eigenvalue weighted by atomic mass is 32.2. The SMILES string of the molecule is COc1ccc(CN2CCC[C@@H](Oc3cc(F)c(C(=O)NS(=O)(=O)C4CC4)cc3C3CC3)C2)cc1F. The molecule has 1 N–H and O–H groups in total. The summed E-state index contributed by atoms with van der Waals surface area (Å²) in [4.78, 5) is 14.8. The van der Waals surface area contributed by atoms with Crippen LogP contribution in [0.5, 0.6) is 11.5 Å². The molecule has 7 nitrogen and oxygen atoms in total. The Labute approximate surface area is 209 Å². The maximum absolute atomic E-state index is 15.0. The fourth-order valence-electron chi connectivity index (χ4n) is 4.71. The molecule has 5 rings (SSSR count). The number of likely N-dealkylation sites (tertiary alicyclic amines) is 1. The van der Waals surface area contributed by atoms with Gasteiger partial charge in [-0.05, 0) is 80.3 Å². The molecule has 3 aliphatic rings. The lowest BCUT2D eigenvalue weighted by Gasteiger charge is -2.33. The van der Waals surface area contributed by atoms with Gasteiger partial charge in [0, 0.05) is 19.2 Å². The summed E-state index contributed by atoms with van der Waals surface area (Å²) in [5.41, 5.74) is 1.29. The molecule has 2 aromatic carbocycles. The molecule has 2 saturated carbocycles. The molecule has 10 heteroatoms. The van der Waals surface area contributed by atoms with Gasteiger partial charge in [0.1, 0.15) is 17.7 Å². The largest absolute Gasteiger partial charge is 0.494 e. The van der Waals surface area contributed by atoms with Crippen LogP contribution in [0.25, 0.3) is 0 Å². The minimum atomic E-state index is -3.77. The fraction of sp³-hybridized carbons (Fsp3) is 0.500. The van der Waals surface area contributed by atoms with Crippen molar-refractivity contribution in [3.05, 3.63) is 58.7 Å². The molecule has 0 bridgehead atoms. The lowest BCUT2D eigenvalue weighted by atomic mass is 10.0. The number of rotatable bonds is 9. The van der Waals surface area contributed by atoms with Crippen LogP contribution in [0.1, 0.15) is 65.9 Å². The van der Waals surface area contributed by atoms with Crippen molar-refractivity contribution in [2.24, 2.45) is 0 Å². The molecule has 0 unspecified atom stereocenters. The van der Waals surface area contributed by atoms with Gasteiger partial charge in [0.05, 0.1) is 17.9 Å². The summed E-state index contributed by atoms with van der Waals surface area (Å²) in [5.74, 6) is -1.38. The smallest absolute Gasteiger partial charge is 0.267 e. The molecule has 1 saturated heterocycles. The number of piperidine rings is 1. The summed E-state index contributed by atoms with van der Waals surface area (Å²) in [6.45, 7) is 1.99. The second-order valence-corrected chi connectivity index (χ2v) is 11.9. The van der Waals surface area contributed by atoms with E-state index >= 15 is 0 Å². The van der Waals surface area contributed by atoms with E-state index in [0.717, 1.165) is 43.4 Å². The predicted octanol–water partition coefficient (Wildman–Crippen LogP) is 4.12. The van der Waals surface area contributed by atoms with Crippen LogP contribution in [-0.4, -0.2) is 50.8 Å². The van der Waals surface area contributed by atoms with Crippen molar-refractivity contribution < 1.29 is 31.5 Å². The zero-order valence-corrected chi connectivity index (χ0v) is 21.0. The molecule has 36 heavy (non-hydrogen) atoms. The van der Waals surface area contributed by atoms with E-state index in [0.29, 0.717) is 31.7 Å².